The molecule has 110 valence electrons. The van der Waals surface area contributed by atoms with Crippen molar-refractivity contribution in [2.75, 3.05) is 0 Å². The Kier molecular flexibility index (Phi) is 3.73. The zero-order valence-corrected chi connectivity index (χ0v) is 11.7. The summed E-state index contributed by atoms with van der Waals surface area (Å²) >= 11 is 5.89. The van der Waals surface area contributed by atoms with Crippen LogP contribution in [0.15, 0.2) is 24.3 Å². The summed E-state index contributed by atoms with van der Waals surface area (Å²) in [5.41, 5.74) is 1.27. The van der Waals surface area contributed by atoms with Gasteiger partial charge in [0.05, 0.1) is 0 Å². The van der Waals surface area contributed by atoms with Crippen molar-refractivity contribution in [1.29, 1.82) is 0 Å². The second-order valence-corrected chi connectivity index (χ2v) is 5.77. The monoisotopic (exact) mass is 306 g/mol. The number of amides is 1. The lowest BCUT2D eigenvalue weighted by atomic mass is 9.97. The van der Waals surface area contributed by atoms with Crippen molar-refractivity contribution in [2.45, 2.75) is 38.0 Å². The zero-order chi connectivity index (χ0) is 15.1. The first-order valence-electron chi connectivity index (χ1n) is 6.03. The summed E-state index contributed by atoms with van der Waals surface area (Å²) in [7, 11) is 0. The predicted octanol–water partition coefficient (Wildman–Crippen LogP) is 3.46. The Labute approximate surface area is 119 Å². The third kappa shape index (κ3) is 2.76. The molecule has 3 nitrogen and oxygen atoms in total. The lowest BCUT2D eigenvalue weighted by molar-refractivity contribution is -0.203. The van der Waals surface area contributed by atoms with Gasteiger partial charge < -0.3 is 0 Å². The van der Waals surface area contributed by atoms with E-state index in [9.17, 15) is 18.0 Å². The summed E-state index contributed by atoms with van der Waals surface area (Å²) in [5.74, 6) is -0.434. The van der Waals surface area contributed by atoms with E-state index in [-0.39, 0.29) is 17.0 Å². The van der Waals surface area contributed by atoms with Crippen LogP contribution in [0.1, 0.15) is 31.9 Å². The van der Waals surface area contributed by atoms with Gasteiger partial charge >= 0.3 is 6.18 Å². The molecule has 1 aromatic rings. The number of hydrazine groups is 1. The molecule has 1 amide bonds. The molecule has 0 bridgehead atoms. The molecule has 1 fully saturated rings. The highest BCUT2D eigenvalue weighted by molar-refractivity contribution is 6.31. The molecule has 20 heavy (non-hydrogen) atoms. The van der Waals surface area contributed by atoms with Crippen molar-refractivity contribution >= 4 is 17.5 Å². The summed E-state index contributed by atoms with van der Waals surface area (Å²) < 4.78 is 40.4. The second kappa shape index (κ2) is 4.93. The summed E-state index contributed by atoms with van der Waals surface area (Å²) in [4.78, 5) is 11.5. The van der Waals surface area contributed by atoms with Crippen LogP contribution in [0.3, 0.4) is 0 Å². The lowest BCUT2D eigenvalue weighted by Crippen LogP contribution is -2.51. The molecule has 1 heterocycles. The van der Waals surface area contributed by atoms with Gasteiger partial charge in [0.25, 0.3) is 0 Å². The molecule has 0 radical (unpaired) electrons. The van der Waals surface area contributed by atoms with Crippen LogP contribution in [-0.2, 0) is 4.79 Å². The first-order valence-corrected chi connectivity index (χ1v) is 6.41. The van der Waals surface area contributed by atoms with Crippen molar-refractivity contribution in [1.82, 2.24) is 10.4 Å². The fourth-order valence-electron chi connectivity index (χ4n) is 2.38. The highest BCUT2D eigenvalue weighted by atomic mass is 35.5. The van der Waals surface area contributed by atoms with E-state index in [1.807, 2.05) is 0 Å². The van der Waals surface area contributed by atoms with E-state index in [1.54, 1.807) is 19.9 Å². The van der Waals surface area contributed by atoms with Crippen LogP contribution >= 0.6 is 11.6 Å². The maximum atomic E-state index is 13.5. The quantitative estimate of drug-likeness (QED) is 0.907. The number of benzene rings is 1. The summed E-state index contributed by atoms with van der Waals surface area (Å²) in [6, 6.07) is 3.80. The number of rotatable bonds is 2. The van der Waals surface area contributed by atoms with Gasteiger partial charge in [-0.25, -0.2) is 0 Å². The second-order valence-electron chi connectivity index (χ2n) is 5.36. The molecule has 1 atom stereocenters. The fraction of sp³-hybridized carbons (Fsp3) is 0.462. The standard InChI is InChI=1S/C13H14ClF3N2O/c1-12(2)7-10(20)18-19(12)11(13(15,16)17)8-5-3-4-6-9(8)14/h3-6,11H,7H2,1-2H3,(H,18,20). The Balaban J connectivity index is 2.50. The number of halogens is 4. The third-order valence-corrected chi connectivity index (χ3v) is 3.60. The van der Waals surface area contributed by atoms with Crippen molar-refractivity contribution in [3.05, 3.63) is 34.9 Å². The van der Waals surface area contributed by atoms with Crippen molar-refractivity contribution < 1.29 is 18.0 Å². The number of hydrogen-bond donors (Lipinski definition) is 1. The van der Waals surface area contributed by atoms with E-state index in [0.717, 1.165) is 5.01 Å². The number of nitrogens with zero attached hydrogens (tertiary/aromatic N) is 1. The summed E-state index contributed by atoms with van der Waals surface area (Å²) in [5, 5.41) is 0.961. The highest BCUT2D eigenvalue weighted by Gasteiger charge is 2.53. The topological polar surface area (TPSA) is 32.3 Å². The number of carbonyl (C=O) groups excluding carboxylic acids is 1. The molecule has 2 rings (SSSR count). The van der Waals surface area contributed by atoms with Crippen LogP contribution in [0.2, 0.25) is 5.02 Å². The van der Waals surface area contributed by atoms with Gasteiger partial charge in [-0.2, -0.15) is 18.2 Å². The maximum Gasteiger partial charge on any atom is 0.409 e. The average molecular weight is 307 g/mol. The Bertz CT molecular complexity index is 531. The molecule has 1 aliphatic heterocycles. The number of nitrogens with one attached hydrogen (secondary N) is 1. The molecule has 0 aromatic heterocycles. The van der Waals surface area contributed by atoms with Gasteiger partial charge in [-0.15, -0.1) is 0 Å². The first-order chi connectivity index (χ1) is 9.13. The lowest BCUT2D eigenvalue weighted by Gasteiger charge is -2.38. The smallest absolute Gasteiger partial charge is 0.287 e. The minimum Gasteiger partial charge on any atom is -0.287 e. The maximum absolute atomic E-state index is 13.5. The number of alkyl halides is 3. The molecule has 0 aliphatic carbocycles. The van der Waals surface area contributed by atoms with Crippen LogP contribution in [0.4, 0.5) is 13.2 Å². The Morgan fingerprint density at radius 3 is 2.40 bits per heavy atom. The Morgan fingerprint density at radius 2 is 1.95 bits per heavy atom. The molecule has 1 aromatic carbocycles. The summed E-state index contributed by atoms with van der Waals surface area (Å²) in [6.45, 7) is 3.17. The highest BCUT2D eigenvalue weighted by Crippen LogP contribution is 2.44. The van der Waals surface area contributed by atoms with E-state index in [1.165, 1.54) is 18.2 Å². The molecule has 7 heteroatoms. The van der Waals surface area contributed by atoms with Gasteiger partial charge in [0.15, 0.2) is 6.04 Å². The Morgan fingerprint density at radius 1 is 1.35 bits per heavy atom. The largest absolute Gasteiger partial charge is 0.409 e. The SMILES string of the molecule is CC1(C)CC(=O)NN1C(c1ccccc1Cl)C(F)(F)F. The number of carbonyl (C=O) groups is 1. The molecule has 1 unspecified atom stereocenters. The summed E-state index contributed by atoms with van der Waals surface area (Å²) in [6.07, 6.45) is -4.55. The molecular weight excluding hydrogens is 293 g/mol. The molecule has 0 spiro atoms. The molecule has 1 aliphatic rings. The van der Waals surface area contributed by atoms with E-state index in [0.29, 0.717) is 0 Å². The molecule has 1 N–H and O–H groups in total. The van der Waals surface area contributed by atoms with Gasteiger partial charge in [-0.3, -0.25) is 10.2 Å². The minimum absolute atomic E-state index is 0.00400. The van der Waals surface area contributed by atoms with Gasteiger partial charge in [0, 0.05) is 17.0 Å². The minimum atomic E-state index is -4.56. The van der Waals surface area contributed by atoms with Crippen molar-refractivity contribution in [3.63, 3.8) is 0 Å². The molecule has 0 saturated carbocycles. The van der Waals surface area contributed by atoms with Crippen LogP contribution in [-0.4, -0.2) is 22.6 Å². The zero-order valence-electron chi connectivity index (χ0n) is 11.0. The first kappa shape index (κ1) is 15.1. The van der Waals surface area contributed by atoms with Crippen LogP contribution in [0.25, 0.3) is 0 Å². The number of hydrogen-bond acceptors (Lipinski definition) is 2. The van der Waals surface area contributed by atoms with E-state index < -0.39 is 23.7 Å². The van der Waals surface area contributed by atoms with E-state index >= 15 is 0 Å². The van der Waals surface area contributed by atoms with Crippen molar-refractivity contribution in [3.8, 4) is 0 Å². The normalized spacial score (nSPS) is 20.8. The van der Waals surface area contributed by atoms with Crippen LogP contribution in [0, 0.1) is 0 Å². The third-order valence-electron chi connectivity index (χ3n) is 3.26. The van der Waals surface area contributed by atoms with Crippen LogP contribution in [0.5, 0.6) is 0 Å². The predicted molar refractivity (Wildman–Crippen MR) is 68.9 cm³/mol. The average Bonchev–Trinajstić information content (AvgIpc) is 2.53. The van der Waals surface area contributed by atoms with Gasteiger partial charge in [0.1, 0.15) is 0 Å². The van der Waals surface area contributed by atoms with Crippen molar-refractivity contribution in [2.24, 2.45) is 0 Å². The Hall–Kier alpha value is -1.27. The van der Waals surface area contributed by atoms with Crippen LogP contribution < -0.4 is 5.43 Å². The van der Waals surface area contributed by atoms with E-state index in [4.69, 9.17) is 11.6 Å². The van der Waals surface area contributed by atoms with Gasteiger partial charge in [-0.05, 0) is 25.5 Å². The van der Waals surface area contributed by atoms with Gasteiger partial charge in [-0.1, -0.05) is 29.8 Å². The molecule has 1 saturated heterocycles. The molecular formula is C13H14ClF3N2O. The van der Waals surface area contributed by atoms with Gasteiger partial charge in [0.2, 0.25) is 5.91 Å². The van der Waals surface area contributed by atoms with E-state index in [2.05, 4.69) is 5.43 Å². The fourth-order valence-corrected chi connectivity index (χ4v) is 2.62.